The van der Waals surface area contributed by atoms with Crippen LogP contribution >= 0.6 is 0 Å². The Morgan fingerprint density at radius 3 is 2.47 bits per heavy atom. The van der Waals surface area contributed by atoms with Gasteiger partial charge in [-0.3, -0.25) is 0 Å². The monoisotopic (exact) mass is 203 g/mol. The molecule has 1 unspecified atom stereocenters. The van der Waals surface area contributed by atoms with Gasteiger partial charge in [0.05, 0.1) is 0 Å². The lowest BCUT2D eigenvalue weighted by Crippen LogP contribution is -2.36. The van der Waals surface area contributed by atoms with Crippen molar-refractivity contribution in [3.63, 3.8) is 0 Å². The van der Waals surface area contributed by atoms with Crippen LogP contribution in [0.1, 0.15) is 37.3 Å². The van der Waals surface area contributed by atoms with Crippen LogP contribution < -0.4 is 5.32 Å². The van der Waals surface area contributed by atoms with Gasteiger partial charge in [0.1, 0.15) is 0 Å². The molecule has 1 N–H and O–H groups in total. The summed E-state index contributed by atoms with van der Waals surface area (Å²) in [5.41, 5.74) is 2.73. The van der Waals surface area contributed by atoms with Crippen LogP contribution in [0.25, 0.3) is 0 Å². The van der Waals surface area contributed by atoms with E-state index in [9.17, 15) is 0 Å². The van der Waals surface area contributed by atoms with Crippen LogP contribution in [-0.4, -0.2) is 6.04 Å². The molecule has 1 nitrogen and oxygen atoms in total. The average molecular weight is 203 g/mol. The summed E-state index contributed by atoms with van der Waals surface area (Å²) in [5.74, 6) is 0.926. The summed E-state index contributed by atoms with van der Waals surface area (Å²) in [4.78, 5) is 0. The molecule has 15 heavy (non-hydrogen) atoms. The predicted molar refractivity (Wildman–Crippen MR) is 64.8 cm³/mol. The molecule has 0 aromatic heterocycles. The van der Waals surface area contributed by atoms with Gasteiger partial charge in [-0.2, -0.15) is 0 Å². The molecule has 1 aromatic carbocycles. The highest BCUT2D eigenvalue weighted by Crippen LogP contribution is 2.29. The summed E-state index contributed by atoms with van der Waals surface area (Å²) in [5, 5.41) is 3.62. The molecule has 1 aliphatic carbocycles. The van der Waals surface area contributed by atoms with Gasteiger partial charge >= 0.3 is 0 Å². The van der Waals surface area contributed by atoms with E-state index in [1.54, 1.807) is 0 Å². The van der Waals surface area contributed by atoms with Crippen LogP contribution in [0.5, 0.6) is 0 Å². The van der Waals surface area contributed by atoms with Gasteiger partial charge in [0, 0.05) is 12.6 Å². The van der Waals surface area contributed by atoms with E-state index in [0.717, 1.165) is 12.5 Å². The minimum atomic E-state index is 0.681. The van der Waals surface area contributed by atoms with Gasteiger partial charge in [-0.15, -0.1) is 0 Å². The van der Waals surface area contributed by atoms with Gasteiger partial charge in [0.25, 0.3) is 0 Å². The first kappa shape index (κ1) is 10.7. The normalized spacial score (nSPS) is 18.5. The maximum absolute atomic E-state index is 3.62. The lowest BCUT2D eigenvalue weighted by Gasteiger charge is -2.32. The minimum Gasteiger partial charge on any atom is -0.310 e. The molecule has 1 heteroatoms. The van der Waals surface area contributed by atoms with E-state index >= 15 is 0 Å². The van der Waals surface area contributed by atoms with Crippen molar-refractivity contribution in [2.24, 2.45) is 5.92 Å². The molecule has 0 aliphatic heterocycles. The Morgan fingerprint density at radius 1 is 1.27 bits per heavy atom. The largest absolute Gasteiger partial charge is 0.310 e. The zero-order valence-corrected chi connectivity index (χ0v) is 9.79. The highest BCUT2D eigenvalue weighted by Gasteiger charge is 2.22. The standard InChI is InChI=1S/C14H21N/c1-11-6-8-13(9-7-11)10-15-12(2)14-4-3-5-14/h6-9,12,14-15H,3-5,10H2,1-2H3. The molecule has 0 radical (unpaired) electrons. The van der Waals surface area contributed by atoms with Crippen molar-refractivity contribution >= 4 is 0 Å². The Morgan fingerprint density at radius 2 is 1.93 bits per heavy atom. The summed E-state index contributed by atoms with van der Waals surface area (Å²) in [6, 6.07) is 9.49. The lowest BCUT2D eigenvalue weighted by molar-refractivity contribution is 0.240. The molecule has 1 aromatic rings. The number of nitrogens with one attached hydrogen (secondary N) is 1. The highest BCUT2D eigenvalue weighted by atomic mass is 14.9. The summed E-state index contributed by atoms with van der Waals surface area (Å²) in [6.07, 6.45) is 4.27. The third-order valence-electron chi connectivity index (χ3n) is 3.61. The van der Waals surface area contributed by atoms with Gasteiger partial charge < -0.3 is 5.32 Å². The molecule has 0 amide bonds. The average Bonchev–Trinajstić information content (AvgIpc) is 2.14. The van der Waals surface area contributed by atoms with Gasteiger partial charge in [-0.1, -0.05) is 36.2 Å². The Hall–Kier alpha value is -0.820. The van der Waals surface area contributed by atoms with E-state index in [0.29, 0.717) is 6.04 Å². The summed E-state index contributed by atoms with van der Waals surface area (Å²) in [7, 11) is 0. The fourth-order valence-electron chi connectivity index (χ4n) is 2.09. The van der Waals surface area contributed by atoms with E-state index in [-0.39, 0.29) is 0 Å². The maximum Gasteiger partial charge on any atom is 0.0208 e. The van der Waals surface area contributed by atoms with Crippen LogP contribution in [0, 0.1) is 12.8 Å². The van der Waals surface area contributed by atoms with E-state index in [1.807, 2.05) is 0 Å². The molecule has 0 spiro atoms. The molecule has 1 aliphatic rings. The van der Waals surface area contributed by atoms with E-state index in [2.05, 4.69) is 43.4 Å². The van der Waals surface area contributed by atoms with Gasteiger partial charge in [-0.25, -0.2) is 0 Å². The Kier molecular flexibility index (Phi) is 3.42. The summed E-state index contributed by atoms with van der Waals surface area (Å²) < 4.78 is 0. The van der Waals surface area contributed by atoms with E-state index in [1.165, 1.54) is 30.4 Å². The predicted octanol–water partition coefficient (Wildman–Crippen LogP) is 3.27. The number of hydrogen-bond acceptors (Lipinski definition) is 1. The summed E-state index contributed by atoms with van der Waals surface area (Å²) >= 11 is 0. The van der Waals surface area contributed by atoms with E-state index < -0.39 is 0 Å². The molecular weight excluding hydrogens is 182 g/mol. The zero-order valence-electron chi connectivity index (χ0n) is 9.79. The minimum absolute atomic E-state index is 0.681. The SMILES string of the molecule is Cc1ccc(CNC(C)C2CCC2)cc1. The van der Waals surface area contributed by atoms with Crippen LogP contribution in [0.2, 0.25) is 0 Å². The molecular formula is C14H21N. The smallest absolute Gasteiger partial charge is 0.0208 e. The second kappa shape index (κ2) is 4.80. The highest BCUT2D eigenvalue weighted by molar-refractivity contribution is 5.21. The van der Waals surface area contributed by atoms with Crippen LogP contribution in [0.3, 0.4) is 0 Å². The quantitative estimate of drug-likeness (QED) is 0.792. The maximum atomic E-state index is 3.62. The molecule has 2 rings (SSSR count). The van der Waals surface area contributed by atoms with Crippen LogP contribution in [0.4, 0.5) is 0 Å². The molecule has 1 fully saturated rings. The number of aryl methyl sites for hydroxylation is 1. The zero-order chi connectivity index (χ0) is 10.7. The van der Waals surface area contributed by atoms with Gasteiger partial charge in [-0.05, 0) is 38.2 Å². The number of benzene rings is 1. The third-order valence-corrected chi connectivity index (χ3v) is 3.61. The van der Waals surface area contributed by atoms with Crippen molar-refractivity contribution in [3.05, 3.63) is 35.4 Å². The second-order valence-corrected chi connectivity index (χ2v) is 4.85. The number of hydrogen-bond donors (Lipinski definition) is 1. The molecule has 1 saturated carbocycles. The Balaban J connectivity index is 1.79. The van der Waals surface area contributed by atoms with E-state index in [4.69, 9.17) is 0 Å². The second-order valence-electron chi connectivity index (χ2n) is 4.85. The van der Waals surface area contributed by atoms with Crippen molar-refractivity contribution in [1.82, 2.24) is 5.32 Å². The van der Waals surface area contributed by atoms with Crippen molar-refractivity contribution in [2.45, 2.75) is 45.7 Å². The lowest BCUT2D eigenvalue weighted by atomic mass is 9.80. The van der Waals surface area contributed by atoms with Crippen LogP contribution in [0.15, 0.2) is 24.3 Å². The van der Waals surface area contributed by atoms with Gasteiger partial charge in [0.2, 0.25) is 0 Å². The molecule has 0 saturated heterocycles. The fourth-order valence-corrected chi connectivity index (χ4v) is 2.09. The first-order valence-corrected chi connectivity index (χ1v) is 6.04. The Labute approximate surface area is 92.9 Å². The molecule has 0 bridgehead atoms. The van der Waals surface area contributed by atoms with Crippen molar-refractivity contribution < 1.29 is 0 Å². The molecule has 82 valence electrons. The number of rotatable bonds is 4. The Bertz CT molecular complexity index is 298. The molecule has 1 atom stereocenters. The third kappa shape index (κ3) is 2.82. The van der Waals surface area contributed by atoms with Crippen molar-refractivity contribution in [1.29, 1.82) is 0 Å². The van der Waals surface area contributed by atoms with Crippen molar-refractivity contribution in [3.8, 4) is 0 Å². The topological polar surface area (TPSA) is 12.0 Å². The van der Waals surface area contributed by atoms with Crippen LogP contribution in [-0.2, 0) is 6.54 Å². The first-order valence-electron chi connectivity index (χ1n) is 6.04. The first-order chi connectivity index (χ1) is 7.25. The van der Waals surface area contributed by atoms with Crippen molar-refractivity contribution in [2.75, 3.05) is 0 Å². The molecule has 0 heterocycles. The summed E-state index contributed by atoms with van der Waals surface area (Å²) in [6.45, 7) is 5.46. The fraction of sp³-hybridized carbons (Fsp3) is 0.571. The van der Waals surface area contributed by atoms with Gasteiger partial charge in [0.15, 0.2) is 0 Å².